The normalized spacial score (nSPS) is 10.3. The number of carbonyl (C=O) groups excluding carboxylic acids is 2. The molecular weight excluding hydrogens is 348 g/mol. The molecule has 0 radical (unpaired) electrons. The number of carbonyl (C=O) groups is 2. The first-order chi connectivity index (χ1) is 13.0. The molecule has 0 saturated heterocycles. The van der Waals surface area contributed by atoms with Crippen molar-refractivity contribution < 1.29 is 23.5 Å². The molecule has 0 unspecified atom stereocenters. The van der Waals surface area contributed by atoms with E-state index < -0.39 is 18.5 Å². The van der Waals surface area contributed by atoms with Crippen molar-refractivity contribution in [2.75, 3.05) is 19.0 Å². The highest BCUT2D eigenvalue weighted by molar-refractivity contribution is 5.98. The monoisotopic (exact) mass is 364 g/mol. The van der Waals surface area contributed by atoms with Gasteiger partial charge in [-0.3, -0.25) is 4.79 Å². The number of anilines is 1. The number of nitrogens with one attached hydrogen (secondary N) is 1. The Kier molecular flexibility index (Phi) is 5.08. The fourth-order valence-electron chi connectivity index (χ4n) is 2.58. The number of fused-ring (bicyclic) bond motifs is 1. The summed E-state index contributed by atoms with van der Waals surface area (Å²) >= 11 is 0. The third-order valence-corrected chi connectivity index (χ3v) is 3.94. The van der Waals surface area contributed by atoms with Crippen LogP contribution in [-0.4, -0.2) is 25.6 Å². The smallest absolute Gasteiger partial charge is 0.375 e. The zero-order chi connectivity index (χ0) is 19.4. The van der Waals surface area contributed by atoms with E-state index in [1.807, 2.05) is 6.07 Å². The molecule has 7 heteroatoms. The maximum Gasteiger partial charge on any atom is 0.375 e. The molecular formula is C20H16N2O5. The van der Waals surface area contributed by atoms with E-state index >= 15 is 0 Å². The number of hydrogen-bond donors (Lipinski definition) is 1. The van der Waals surface area contributed by atoms with Crippen molar-refractivity contribution in [3.05, 3.63) is 59.4 Å². The van der Waals surface area contributed by atoms with Crippen LogP contribution in [0.5, 0.6) is 5.75 Å². The lowest BCUT2D eigenvalue weighted by atomic mass is 10.1. The molecule has 1 amide bonds. The van der Waals surface area contributed by atoms with Gasteiger partial charge in [-0.05, 0) is 43.3 Å². The van der Waals surface area contributed by atoms with E-state index in [1.54, 1.807) is 50.4 Å². The largest absolute Gasteiger partial charge is 0.497 e. The molecule has 0 spiro atoms. The Labute approximate surface area is 155 Å². The number of amides is 1. The number of nitrogens with zero attached hydrogens (tertiary/aromatic N) is 1. The highest BCUT2D eigenvalue weighted by atomic mass is 16.5. The average molecular weight is 364 g/mol. The van der Waals surface area contributed by atoms with Gasteiger partial charge in [0.2, 0.25) is 5.76 Å². The predicted octanol–water partition coefficient (Wildman–Crippen LogP) is 3.42. The van der Waals surface area contributed by atoms with Gasteiger partial charge in [-0.25, -0.2) is 4.79 Å². The standard InChI is InChI=1S/C20H16N2O5/c1-12-16-9-15(25-2)6-7-17(16)27-19(12)20(24)26-11-18(23)22-14-5-3-4-13(8-14)10-21/h3-9H,11H2,1-2H3,(H,22,23). The Morgan fingerprint density at radius 3 is 2.78 bits per heavy atom. The van der Waals surface area contributed by atoms with Crippen molar-refractivity contribution in [2.24, 2.45) is 0 Å². The van der Waals surface area contributed by atoms with E-state index in [9.17, 15) is 9.59 Å². The Hall–Kier alpha value is -3.79. The molecule has 2 aromatic carbocycles. The van der Waals surface area contributed by atoms with E-state index in [0.29, 0.717) is 28.1 Å². The number of aryl methyl sites for hydroxylation is 1. The lowest BCUT2D eigenvalue weighted by Gasteiger charge is -2.06. The van der Waals surface area contributed by atoms with Gasteiger partial charge in [0.25, 0.3) is 5.91 Å². The number of ether oxygens (including phenoxy) is 2. The van der Waals surface area contributed by atoms with Crippen LogP contribution in [0, 0.1) is 18.3 Å². The molecule has 1 heterocycles. The molecule has 136 valence electrons. The molecule has 7 nitrogen and oxygen atoms in total. The van der Waals surface area contributed by atoms with Crippen molar-refractivity contribution in [3.63, 3.8) is 0 Å². The lowest BCUT2D eigenvalue weighted by molar-refractivity contribution is -0.119. The average Bonchev–Trinajstić information content (AvgIpc) is 3.02. The first kappa shape index (κ1) is 18.0. The summed E-state index contributed by atoms with van der Waals surface area (Å²) in [5, 5.41) is 12.2. The summed E-state index contributed by atoms with van der Waals surface area (Å²) < 4.78 is 15.8. The maximum absolute atomic E-state index is 12.3. The van der Waals surface area contributed by atoms with E-state index in [1.165, 1.54) is 6.07 Å². The minimum atomic E-state index is -0.733. The van der Waals surface area contributed by atoms with Gasteiger partial charge in [0.05, 0.1) is 18.7 Å². The summed E-state index contributed by atoms with van der Waals surface area (Å²) in [6, 6.07) is 13.6. The number of hydrogen-bond acceptors (Lipinski definition) is 6. The number of esters is 1. The highest BCUT2D eigenvalue weighted by Crippen LogP contribution is 2.29. The Balaban J connectivity index is 1.67. The van der Waals surface area contributed by atoms with Crippen molar-refractivity contribution in [1.29, 1.82) is 5.26 Å². The summed E-state index contributed by atoms with van der Waals surface area (Å²) in [5.41, 5.74) is 1.99. The topological polar surface area (TPSA) is 102 Å². The molecule has 0 aliphatic carbocycles. The van der Waals surface area contributed by atoms with Crippen molar-refractivity contribution in [2.45, 2.75) is 6.92 Å². The number of benzene rings is 2. The number of methoxy groups -OCH3 is 1. The SMILES string of the molecule is COc1ccc2oc(C(=O)OCC(=O)Nc3cccc(C#N)c3)c(C)c2c1. The zero-order valence-corrected chi connectivity index (χ0v) is 14.7. The van der Waals surface area contributed by atoms with Gasteiger partial charge in [0.1, 0.15) is 11.3 Å². The van der Waals surface area contributed by atoms with E-state index in [0.717, 1.165) is 5.39 Å². The minimum Gasteiger partial charge on any atom is -0.497 e. The molecule has 0 aliphatic heterocycles. The van der Waals surface area contributed by atoms with Gasteiger partial charge in [-0.15, -0.1) is 0 Å². The number of furan rings is 1. The second kappa shape index (κ2) is 7.62. The quantitative estimate of drug-likeness (QED) is 0.696. The second-order valence-electron chi connectivity index (χ2n) is 5.74. The molecule has 3 aromatic rings. The number of rotatable bonds is 5. The predicted molar refractivity (Wildman–Crippen MR) is 97.6 cm³/mol. The molecule has 3 rings (SSSR count). The second-order valence-corrected chi connectivity index (χ2v) is 5.74. The van der Waals surface area contributed by atoms with Gasteiger partial charge in [-0.2, -0.15) is 5.26 Å². The van der Waals surface area contributed by atoms with Gasteiger partial charge in [0.15, 0.2) is 6.61 Å². The van der Waals surface area contributed by atoms with Crippen LogP contribution in [0.15, 0.2) is 46.9 Å². The lowest BCUT2D eigenvalue weighted by Crippen LogP contribution is -2.21. The van der Waals surface area contributed by atoms with E-state index in [-0.39, 0.29) is 5.76 Å². The first-order valence-corrected chi connectivity index (χ1v) is 8.06. The van der Waals surface area contributed by atoms with Crippen LogP contribution in [-0.2, 0) is 9.53 Å². The first-order valence-electron chi connectivity index (χ1n) is 8.06. The van der Waals surface area contributed by atoms with E-state index in [2.05, 4.69) is 5.32 Å². The van der Waals surface area contributed by atoms with Crippen molar-refractivity contribution in [3.8, 4) is 11.8 Å². The molecule has 1 aromatic heterocycles. The van der Waals surface area contributed by atoms with Crippen LogP contribution in [0.1, 0.15) is 21.7 Å². The Morgan fingerprint density at radius 1 is 1.22 bits per heavy atom. The van der Waals surface area contributed by atoms with Gasteiger partial charge in [-0.1, -0.05) is 6.07 Å². The summed E-state index contributed by atoms with van der Waals surface area (Å²) in [7, 11) is 1.55. The Bertz CT molecular complexity index is 1060. The summed E-state index contributed by atoms with van der Waals surface area (Å²) in [6.07, 6.45) is 0. The molecule has 0 aliphatic rings. The molecule has 0 fully saturated rings. The number of nitriles is 1. The van der Waals surface area contributed by atoms with Crippen LogP contribution in [0.4, 0.5) is 5.69 Å². The van der Waals surface area contributed by atoms with Crippen molar-refractivity contribution >= 4 is 28.5 Å². The van der Waals surface area contributed by atoms with Crippen LogP contribution < -0.4 is 10.1 Å². The van der Waals surface area contributed by atoms with Crippen LogP contribution in [0.25, 0.3) is 11.0 Å². The Morgan fingerprint density at radius 2 is 2.04 bits per heavy atom. The minimum absolute atomic E-state index is 0.0394. The maximum atomic E-state index is 12.3. The van der Waals surface area contributed by atoms with E-state index in [4.69, 9.17) is 19.2 Å². The zero-order valence-electron chi connectivity index (χ0n) is 14.7. The molecule has 0 atom stereocenters. The third-order valence-electron chi connectivity index (χ3n) is 3.94. The van der Waals surface area contributed by atoms with Crippen LogP contribution in [0.3, 0.4) is 0 Å². The summed E-state index contributed by atoms with van der Waals surface area (Å²) in [6.45, 7) is 1.25. The van der Waals surface area contributed by atoms with Crippen LogP contribution >= 0.6 is 0 Å². The molecule has 0 bridgehead atoms. The van der Waals surface area contributed by atoms with Crippen molar-refractivity contribution in [1.82, 2.24) is 0 Å². The summed E-state index contributed by atoms with van der Waals surface area (Å²) in [4.78, 5) is 24.2. The highest BCUT2D eigenvalue weighted by Gasteiger charge is 2.20. The molecule has 1 N–H and O–H groups in total. The fourth-order valence-corrected chi connectivity index (χ4v) is 2.58. The summed E-state index contributed by atoms with van der Waals surface area (Å²) in [5.74, 6) is -0.569. The van der Waals surface area contributed by atoms with Gasteiger partial charge >= 0.3 is 5.97 Å². The van der Waals surface area contributed by atoms with Gasteiger partial charge in [0, 0.05) is 16.6 Å². The molecule has 27 heavy (non-hydrogen) atoms. The third kappa shape index (κ3) is 3.90. The molecule has 0 saturated carbocycles. The van der Waals surface area contributed by atoms with Crippen LogP contribution in [0.2, 0.25) is 0 Å². The van der Waals surface area contributed by atoms with Gasteiger partial charge < -0.3 is 19.2 Å². The fraction of sp³-hybridized carbons (Fsp3) is 0.150.